The first-order valence-corrected chi connectivity index (χ1v) is 6.51. The zero-order chi connectivity index (χ0) is 9.45. The summed E-state index contributed by atoms with van der Waals surface area (Å²) in [6.07, 6.45) is 0.708. The molecule has 12 heavy (non-hydrogen) atoms. The Morgan fingerprint density at radius 2 is 2.17 bits per heavy atom. The average molecular weight is 260 g/mol. The molecule has 0 heterocycles. The van der Waals surface area contributed by atoms with Crippen molar-refractivity contribution in [2.45, 2.75) is 13.3 Å². The van der Waals surface area contributed by atoms with E-state index in [0.717, 1.165) is 0 Å². The number of hydrogen-bond acceptors (Lipinski definition) is 3. The SMILES string of the molecule is CCOCCCNS(=O)(=O)CBr. The first kappa shape index (κ1) is 12.3. The third-order valence-corrected chi connectivity index (χ3v) is 3.87. The molecular weight excluding hydrogens is 246 g/mol. The van der Waals surface area contributed by atoms with Crippen molar-refractivity contribution in [3.63, 3.8) is 0 Å². The van der Waals surface area contributed by atoms with Crippen LogP contribution in [0.15, 0.2) is 0 Å². The normalized spacial score (nSPS) is 11.8. The summed E-state index contributed by atoms with van der Waals surface area (Å²) in [6, 6.07) is 0. The number of sulfonamides is 1. The molecule has 0 unspecified atom stereocenters. The maximum Gasteiger partial charge on any atom is 0.221 e. The van der Waals surface area contributed by atoms with Crippen molar-refractivity contribution in [3.8, 4) is 0 Å². The van der Waals surface area contributed by atoms with Crippen molar-refractivity contribution in [3.05, 3.63) is 0 Å². The van der Waals surface area contributed by atoms with Crippen LogP contribution in [-0.2, 0) is 14.8 Å². The molecule has 0 fully saturated rings. The van der Waals surface area contributed by atoms with Crippen LogP contribution in [0.5, 0.6) is 0 Å². The van der Waals surface area contributed by atoms with Gasteiger partial charge in [0.15, 0.2) is 0 Å². The summed E-state index contributed by atoms with van der Waals surface area (Å²) < 4.78 is 29.1. The predicted octanol–water partition coefficient (Wildman–Crippen LogP) is 0.685. The Labute approximate surface area is 81.9 Å². The monoisotopic (exact) mass is 259 g/mol. The van der Waals surface area contributed by atoms with Crippen LogP contribution in [0.2, 0.25) is 0 Å². The van der Waals surface area contributed by atoms with Gasteiger partial charge in [-0.1, -0.05) is 15.9 Å². The lowest BCUT2D eigenvalue weighted by Gasteiger charge is -2.03. The van der Waals surface area contributed by atoms with Gasteiger partial charge < -0.3 is 4.74 Å². The van der Waals surface area contributed by atoms with Crippen LogP contribution in [0, 0.1) is 0 Å². The van der Waals surface area contributed by atoms with Crippen LogP contribution in [-0.4, -0.2) is 32.8 Å². The van der Waals surface area contributed by atoms with Gasteiger partial charge in [-0.2, -0.15) is 0 Å². The fourth-order valence-electron chi connectivity index (χ4n) is 0.585. The highest BCUT2D eigenvalue weighted by Gasteiger charge is 2.04. The molecule has 0 rings (SSSR count). The molecule has 0 aromatic heterocycles. The number of nitrogens with one attached hydrogen (secondary N) is 1. The minimum atomic E-state index is -3.10. The van der Waals surface area contributed by atoms with E-state index in [1.54, 1.807) is 0 Å². The Morgan fingerprint density at radius 3 is 2.67 bits per heavy atom. The van der Waals surface area contributed by atoms with Gasteiger partial charge in [0, 0.05) is 19.8 Å². The topological polar surface area (TPSA) is 55.4 Å². The summed E-state index contributed by atoms with van der Waals surface area (Å²) >= 11 is 2.87. The molecule has 0 aliphatic heterocycles. The largest absolute Gasteiger partial charge is 0.382 e. The lowest BCUT2D eigenvalue weighted by Crippen LogP contribution is -2.26. The van der Waals surface area contributed by atoms with Gasteiger partial charge in [0.2, 0.25) is 10.0 Å². The van der Waals surface area contributed by atoms with Gasteiger partial charge in [0.1, 0.15) is 4.66 Å². The first-order chi connectivity index (χ1) is 5.62. The summed E-state index contributed by atoms with van der Waals surface area (Å²) in [5, 5.41) is 0. The van der Waals surface area contributed by atoms with E-state index in [4.69, 9.17) is 4.74 Å². The van der Waals surface area contributed by atoms with Gasteiger partial charge in [-0.15, -0.1) is 0 Å². The minimum Gasteiger partial charge on any atom is -0.382 e. The third-order valence-electron chi connectivity index (χ3n) is 1.14. The summed E-state index contributed by atoms with van der Waals surface area (Å²) in [5.41, 5.74) is 0. The van der Waals surface area contributed by atoms with Crippen molar-refractivity contribution in [1.29, 1.82) is 0 Å². The van der Waals surface area contributed by atoms with Crippen molar-refractivity contribution >= 4 is 26.0 Å². The molecule has 0 aliphatic carbocycles. The second-order valence-corrected chi connectivity index (χ2v) is 5.28. The Balaban J connectivity index is 3.32. The van der Waals surface area contributed by atoms with Gasteiger partial charge in [-0.05, 0) is 13.3 Å². The maximum absolute atomic E-state index is 10.8. The highest BCUT2D eigenvalue weighted by Crippen LogP contribution is 1.91. The summed E-state index contributed by atoms with van der Waals surface area (Å²) in [6.45, 7) is 3.61. The lowest BCUT2D eigenvalue weighted by atomic mass is 10.5. The number of rotatable bonds is 7. The zero-order valence-corrected chi connectivity index (χ0v) is 9.45. The van der Waals surface area contributed by atoms with E-state index in [1.807, 2.05) is 6.92 Å². The molecule has 0 aromatic carbocycles. The van der Waals surface area contributed by atoms with Gasteiger partial charge in [0.05, 0.1) is 0 Å². The quantitative estimate of drug-likeness (QED) is 0.541. The smallest absolute Gasteiger partial charge is 0.221 e. The lowest BCUT2D eigenvalue weighted by molar-refractivity contribution is 0.146. The Morgan fingerprint density at radius 1 is 1.50 bits per heavy atom. The summed E-state index contributed by atoms with van der Waals surface area (Å²) in [7, 11) is -3.10. The highest BCUT2D eigenvalue weighted by atomic mass is 79.9. The van der Waals surface area contributed by atoms with E-state index in [9.17, 15) is 8.42 Å². The zero-order valence-electron chi connectivity index (χ0n) is 7.05. The van der Waals surface area contributed by atoms with Crippen molar-refractivity contribution < 1.29 is 13.2 Å². The summed E-state index contributed by atoms with van der Waals surface area (Å²) in [4.78, 5) is 0. The van der Waals surface area contributed by atoms with Crippen LogP contribution in [0.25, 0.3) is 0 Å². The number of ether oxygens (including phenoxy) is 1. The van der Waals surface area contributed by atoms with Crippen molar-refractivity contribution in [2.75, 3.05) is 24.4 Å². The van der Waals surface area contributed by atoms with Crippen LogP contribution >= 0.6 is 15.9 Å². The molecule has 0 aliphatic rings. The Kier molecular flexibility index (Phi) is 7.02. The molecular formula is C6H14BrNO3S. The molecule has 4 nitrogen and oxygen atoms in total. The molecule has 6 heteroatoms. The number of halogens is 1. The average Bonchev–Trinajstić information content (AvgIpc) is 2.04. The van der Waals surface area contributed by atoms with Gasteiger partial charge in [-0.3, -0.25) is 0 Å². The molecule has 74 valence electrons. The van der Waals surface area contributed by atoms with E-state index >= 15 is 0 Å². The number of hydrogen-bond donors (Lipinski definition) is 1. The summed E-state index contributed by atoms with van der Waals surface area (Å²) in [5.74, 6) is 0. The van der Waals surface area contributed by atoms with Crippen molar-refractivity contribution in [2.24, 2.45) is 0 Å². The van der Waals surface area contributed by atoms with Gasteiger partial charge in [0.25, 0.3) is 0 Å². The molecule has 0 saturated carbocycles. The van der Waals surface area contributed by atoms with E-state index < -0.39 is 10.0 Å². The molecule has 0 amide bonds. The Bertz CT molecular complexity index is 193. The molecule has 0 bridgehead atoms. The third kappa shape index (κ3) is 7.02. The van der Waals surface area contributed by atoms with Crippen LogP contribution in [0.3, 0.4) is 0 Å². The van der Waals surface area contributed by atoms with Crippen LogP contribution in [0.1, 0.15) is 13.3 Å². The van der Waals surface area contributed by atoms with Gasteiger partial charge in [-0.25, -0.2) is 13.1 Å². The Hall–Kier alpha value is 0.350. The minimum absolute atomic E-state index is 0.0470. The van der Waals surface area contributed by atoms with Crippen LogP contribution in [0.4, 0.5) is 0 Å². The molecule has 0 radical (unpaired) electrons. The van der Waals surface area contributed by atoms with Crippen molar-refractivity contribution in [1.82, 2.24) is 4.72 Å². The van der Waals surface area contributed by atoms with E-state index in [0.29, 0.717) is 26.2 Å². The second-order valence-electron chi connectivity index (χ2n) is 2.17. The maximum atomic E-state index is 10.8. The van der Waals surface area contributed by atoms with E-state index in [1.165, 1.54) is 0 Å². The predicted molar refractivity (Wildman–Crippen MR) is 51.8 cm³/mol. The number of alkyl halides is 1. The fourth-order valence-corrected chi connectivity index (χ4v) is 1.60. The standard InChI is InChI=1S/C6H14BrNO3S/c1-2-11-5-3-4-8-12(9,10)6-7/h8H,2-6H2,1H3. The van der Waals surface area contributed by atoms with Gasteiger partial charge >= 0.3 is 0 Å². The molecule has 1 N–H and O–H groups in total. The molecule has 0 aromatic rings. The fraction of sp³-hybridized carbons (Fsp3) is 1.00. The molecule has 0 saturated heterocycles. The molecule has 0 atom stereocenters. The molecule has 0 spiro atoms. The van der Waals surface area contributed by atoms with E-state index in [2.05, 4.69) is 20.7 Å². The highest BCUT2D eigenvalue weighted by molar-refractivity contribution is 9.10. The first-order valence-electron chi connectivity index (χ1n) is 3.73. The van der Waals surface area contributed by atoms with E-state index in [-0.39, 0.29) is 4.66 Å². The van der Waals surface area contributed by atoms with Crippen LogP contribution < -0.4 is 4.72 Å². The second kappa shape index (κ2) is 6.82.